The fourth-order valence-corrected chi connectivity index (χ4v) is 2.04. The van der Waals surface area contributed by atoms with Crippen LogP contribution in [0.1, 0.15) is 45.7 Å². The van der Waals surface area contributed by atoms with Gasteiger partial charge in [0.25, 0.3) is 0 Å². The number of anilines is 1. The maximum atomic E-state index is 4.50. The third-order valence-electron chi connectivity index (χ3n) is 3.28. The van der Waals surface area contributed by atoms with Gasteiger partial charge in [-0.15, -0.1) is 0 Å². The van der Waals surface area contributed by atoms with Gasteiger partial charge >= 0.3 is 0 Å². The highest BCUT2D eigenvalue weighted by molar-refractivity contribution is 5.35. The minimum Gasteiger partial charge on any atom is -0.355 e. The summed E-state index contributed by atoms with van der Waals surface area (Å²) in [7, 11) is 2.09. The Morgan fingerprint density at radius 1 is 1.17 bits per heavy atom. The van der Waals surface area contributed by atoms with Crippen LogP contribution in [0.5, 0.6) is 0 Å². The quantitative estimate of drug-likeness (QED) is 0.720. The van der Waals surface area contributed by atoms with Crippen molar-refractivity contribution in [2.24, 2.45) is 0 Å². The predicted octanol–water partition coefficient (Wildman–Crippen LogP) is 2.60. The van der Waals surface area contributed by atoms with E-state index >= 15 is 0 Å². The van der Waals surface area contributed by atoms with Crippen LogP contribution in [0.2, 0.25) is 0 Å². The Bertz CT molecular complexity index is 319. The van der Waals surface area contributed by atoms with Gasteiger partial charge in [-0.3, -0.25) is 4.98 Å². The number of rotatable bonds is 8. The van der Waals surface area contributed by atoms with Crippen molar-refractivity contribution in [1.82, 2.24) is 15.3 Å². The van der Waals surface area contributed by atoms with Crippen molar-refractivity contribution < 1.29 is 0 Å². The minimum absolute atomic E-state index is 0.545. The largest absolute Gasteiger partial charge is 0.355 e. The SMILES string of the molecule is CCCNCc1cnc(N(C)C(CC)CC)cn1. The standard InChI is InChI=1S/C14H26N4/c1-5-8-15-9-12-10-17-14(11-16-12)18(4)13(6-2)7-3/h10-11,13,15H,5-9H2,1-4H3. The molecule has 1 aromatic heterocycles. The van der Waals surface area contributed by atoms with Gasteiger partial charge in [-0.1, -0.05) is 20.8 Å². The van der Waals surface area contributed by atoms with E-state index in [1.165, 1.54) is 0 Å². The van der Waals surface area contributed by atoms with Crippen molar-refractivity contribution >= 4 is 5.82 Å². The topological polar surface area (TPSA) is 41.1 Å². The maximum absolute atomic E-state index is 4.50. The number of nitrogens with one attached hydrogen (secondary N) is 1. The van der Waals surface area contributed by atoms with Crippen LogP contribution in [-0.4, -0.2) is 29.6 Å². The minimum atomic E-state index is 0.545. The fraction of sp³-hybridized carbons (Fsp3) is 0.714. The van der Waals surface area contributed by atoms with Crippen LogP contribution in [0.25, 0.3) is 0 Å². The van der Waals surface area contributed by atoms with Gasteiger partial charge in [-0.05, 0) is 25.8 Å². The molecule has 102 valence electrons. The average Bonchev–Trinajstić information content (AvgIpc) is 2.41. The molecule has 1 aromatic rings. The number of aromatic nitrogens is 2. The number of hydrogen-bond donors (Lipinski definition) is 1. The zero-order valence-corrected chi connectivity index (χ0v) is 12.1. The molecule has 1 rings (SSSR count). The van der Waals surface area contributed by atoms with E-state index in [4.69, 9.17) is 0 Å². The van der Waals surface area contributed by atoms with Crippen molar-refractivity contribution in [3.05, 3.63) is 18.1 Å². The lowest BCUT2D eigenvalue weighted by atomic mass is 10.1. The third kappa shape index (κ3) is 4.26. The second-order valence-electron chi connectivity index (χ2n) is 4.62. The molecule has 0 aliphatic rings. The molecular weight excluding hydrogens is 224 g/mol. The molecule has 18 heavy (non-hydrogen) atoms. The summed E-state index contributed by atoms with van der Waals surface area (Å²) < 4.78 is 0. The molecular formula is C14H26N4. The molecule has 0 spiro atoms. The number of nitrogens with zero attached hydrogens (tertiary/aromatic N) is 3. The van der Waals surface area contributed by atoms with Gasteiger partial charge in [-0.2, -0.15) is 0 Å². The van der Waals surface area contributed by atoms with E-state index in [0.717, 1.165) is 43.9 Å². The highest BCUT2D eigenvalue weighted by Gasteiger charge is 2.12. The molecule has 1 heterocycles. The summed E-state index contributed by atoms with van der Waals surface area (Å²) >= 11 is 0. The van der Waals surface area contributed by atoms with Gasteiger partial charge in [0, 0.05) is 19.6 Å². The lowest BCUT2D eigenvalue weighted by Gasteiger charge is -2.26. The molecule has 0 aromatic carbocycles. The molecule has 0 unspecified atom stereocenters. The second kappa shape index (κ2) is 8.03. The fourth-order valence-electron chi connectivity index (χ4n) is 2.04. The van der Waals surface area contributed by atoms with Crippen molar-refractivity contribution in [2.45, 2.75) is 52.6 Å². The van der Waals surface area contributed by atoms with Crippen molar-refractivity contribution in [1.29, 1.82) is 0 Å². The molecule has 0 atom stereocenters. The van der Waals surface area contributed by atoms with E-state index in [9.17, 15) is 0 Å². The lowest BCUT2D eigenvalue weighted by Crippen LogP contribution is -2.31. The second-order valence-corrected chi connectivity index (χ2v) is 4.62. The first-order valence-electron chi connectivity index (χ1n) is 6.97. The van der Waals surface area contributed by atoms with Crippen molar-refractivity contribution in [3.8, 4) is 0 Å². The smallest absolute Gasteiger partial charge is 0.147 e. The first-order valence-corrected chi connectivity index (χ1v) is 6.97. The molecule has 0 saturated carbocycles. The van der Waals surface area contributed by atoms with Crippen LogP contribution >= 0.6 is 0 Å². The monoisotopic (exact) mass is 250 g/mol. The molecule has 4 heteroatoms. The molecule has 0 amide bonds. The summed E-state index contributed by atoms with van der Waals surface area (Å²) in [5.41, 5.74) is 1.00. The first-order chi connectivity index (χ1) is 8.72. The van der Waals surface area contributed by atoms with Crippen molar-refractivity contribution in [2.75, 3.05) is 18.5 Å². The molecule has 4 nitrogen and oxygen atoms in total. The Labute approximate surface area is 111 Å². The van der Waals surface area contributed by atoms with Crippen molar-refractivity contribution in [3.63, 3.8) is 0 Å². The van der Waals surface area contributed by atoms with Crippen LogP contribution in [0.15, 0.2) is 12.4 Å². The first kappa shape index (κ1) is 14.9. The van der Waals surface area contributed by atoms with Crippen LogP contribution in [0.4, 0.5) is 5.82 Å². The normalized spacial score (nSPS) is 10.9. The average molecular weight is 250 g/mol. The Morgan fingerprint density at radius 3 is 2.39 bits per heavy atom. The van der Waals surface area contributed by atoms with Gasteiger partial charge in [0.1, 0.15) is 5.82 Å². The van der Waals surface area contributed by atoms with Gasteiger partial charge < -0.3 is 10.2 Å². The molecule has 0 aliphatic carbocycles. The van der Waals surface area contributed by atoms with E-state index in [0.29, 0.717) is 6.04 Å². The zero-order valence-electron chi connectivity index (χ0n) is 12.1. The number of hydrogen-bond acceptors (Lipinski definition) is 4. The molecule has 0 aliphatic heterocycles. The van der Waals surface area contributed by atoms with Crippen LogP contribution in [-0.2, 0) is 6.54 Å². The summed E-state index contributed by atoms with van der Waals surface area (Å²) in [6, 6.07) is 0.545. The Kier molecular flexibility index (Phi) is 6.65. The van der Waals surface area contributed by atoms with E-state index in [1.807, 2.05) is 12.4 Å². The van der Waals surface area contributed by atoms with Gasteiger partial charge in [-0.25, -0.2) is 4.98 Å². The summed E-state index contributed by atoms with van der Waals surface area (Å²) in [6.45, 7) is 8.40. The Morgan fingerprint density at radius 2 is 1.89 bits per heavy atom. The molecule has 0 radical (unpaired) electrons. The summed E-state index contributed by atoms with van der Waals surface area (Å²) in [5, 5.41) is 3.33. The molecule has 0 saturated heterocycles. The third-order valence-corrected chi connectivity index (χ3v) is 3.28. The van der Waals surface area contributed by atoms with Gasteiger partial charge in [0.15, 0.2) is 0 Å². The van der Waals surface area contributed by atoms with E-state index < -0.39 is 0 Å². The van der Waals surface area contributed by atoms with Gasteiger partial charge in [0.2, 0.25) is 0 Å². The zero-order chi connectivity index (χ0) is 13.4. The van der Waals surface area contributed by atoms with Gasteiger partial charge in [0.05, 0.1) is 18.1 Å². The molecule has 0 fully saturated rings. The predicted molar refractivity (Wildman–Crippen MR) is 76.8 cm³/mol. The highest BCUT2D eigenvalue weighted by atomic mass is 15.2. The maximum Gasteiger partial charge on any atom is 0.147 e. The highest BCUT2D eigenvalue weighted by Crippen LogP contribution is 2.14. The van der Waals surface area contributed by atoms with E-state index in [2.05, 4.69) is 48.0 Å². The van der Waals surface area contributed by atoms with Crippen LogP contribution < -0.4 is 10.2 Å². The summed E-state index contributed by atoms with van der Waals surface area (Å²) in [4.78, 5) is 11.2. The van der Waals surface area contributed by atoms with Crippen LogP contribution in [0.3, 0.4) is 0 Å². The van der Waals surface area contributed by atoms with E-state index in [-0.39, 0.29) is 0 Å². The van der Waals surface area contributed by atoms with Crippen LogP contribution in [0, 0.1) is 0 Å². The summed E-state index contributed by atoms with van der Waals surface area (Å²) in [6.07, 6.45) is 7.16. The molecule has 0 bridgehead atoms. The Balaban J connectivity index is 2.58. The summed E-state index contributed by atoms with van der Waals surface area (Å²) in [5.74, 6) is 0.961. The molecule has 1 N–H and O–H groups in total. The lowest BCUT2D eigenvalue weighted by molar-refractivity contribution is 0.585. The Hall–Kier alpha value is -1.16. The van der Waals surface area contributed by atoms with E-state index in [1.54, 1.807) is 0 Å².